The second-order valence-electron chi connectivity index (χ2n) is 3.96. The number of benzene rings is 1. The van der Waals surface area contributed by atoms with Crippen molar-refractivity contribution in [2.24, 2.45) is 0 Å². The smallest absolute Gasteiger partial charge is 0.416 e. The fourth-order valence-corrected chi connectivity index (χ4v) is 1.44. The number of rotatable bonds is 5. The zero-order valence-electron chi connectivity index (χ0n) is 10.3. The molecule has 0 saturated carbocycles. The Bertz CT molecular complexity index is 509. The van der Waals surface area contributed by atoms with E-state index in [0.29, 0.717) is 0 Å². The van der Waals surface area contributed by atoms with Gasteiger partial charge in [0.05, 0.1) is 5.56 Å². The van der Waals surface area contributed by atoms with Gasteiger partial charge >= 0.3 is 12.1 Å². The van der Waals surface area contributed by atoms with Crippen LogP contribution in [0.3, 0.4) is 0 Å². The number of aliphatic carboxylic acids is 1. The van der Waals surface area contributed by atoms with Gasteiger partial charge in [0.15, 0.2) is 0 Å². The third-order valence-electron chi connectivity index (χ3n) is 2.48. The first kappa shape index (κ1) is 15.7. The minimum Gasteiger partial charge on any atom is -0.480 e. The van der Waals surface area contributed by atoms with E-state index in [-0.39, 0.29) is 12.0 Å². The molecular weight excluding hydrogens is 275 g/mol. The number of hydrogen-bond donors (Lipinski definition) is 2. The third kappa shape index (κ3) is 4.11. The zero-order valence-corrected chi connectivity index (χ0v) is 10.3. The highest BCUT2D eigenvalue weighted by Crippen LogP contribution is 2.29. The van der Waals surface area contributed by atoms with Crippen LogP contribution in [-0.2, 0) is 11.0 Å². The summed E-state index contributed by atoms with van der Waals surface area (Å²) in [5, 5.41) is 11.0. The Morgan fingerprint density at radius 3 is 2.25 bits per heavy atom. The van der Waals surface area contributed by atoms with E-state index in [9.17, 15) is 22.8 Å². The van der Waals surface area contributed by atoms with E-state index in [4.69, 9.17) is 5.11 Å². The molecule has 1 amide bonds. The Balaban J connectivity index is 2.82. The van der Waals surface area contributed by atoms with Crippen LogP contribution in [-0.4, -0.2) is 23.0 Å². The summed E-state index contributed by atoms with van der Waals surface area (Å²) >= 11 is 0. The van der Waals surface area contributed by atoms with Crippen LogP contribution >= 0.6 is 0 Å². The molecule has 1 rings (SSSR count). The summed E-state index contributed by atoms with van der Waals surface area (Å²) < 4.78 is 37.0. The highest BCUT2D eigenvalue weighted by Gasteiger charge is 2.30. The summed E-state index contributed by atoms with van der Waals surface area (Å²) in [5.41, 5.74) is -0.928. The van der Waals surface area contributed by atoms with E-state index in [2.05, 4.69) is 11.9 Å². The van der Waals surface area contributed by atoms with Gasteiger partial charge in [0.2, 0.25) is 0 Å². The molecule has 1 aromatic rings. The maximum Gasteiger partial charge on any atom is 0.416 e. The molecule has 7 heteroatoms. The number of carbonyl (C=O) groups excluding carboxylic acids is 1. The molecular formula is C13H12F3NO3. The quantitative estimate of drug-likeness (QED) is 0.817. The number of nitrogens with one attached hydrogen (secondary N) is 1. The standard InChI is InChI=1S/C13H12F3NO3/c1-2-3-10(12(19)20)17-11(18)8-4-6-9(7-5-8)13(14,15)16/h2,4-7,10H,1,3H2,(H,17,18)(H,19,20)/t10-/m0/s1. The van der Waals surface area contributed by atoms with E-state index in [0.717, 1.165) is 24.3 Å². The molecule has 4 nitrogen and oxygen atoms in total. The second kappa shape index (κ2) is 6.23. The van der Waals surface area contributed by atoms with Crippen LogP contribution in [0.1, 0.15) is 22.3 Å². The third-order valence-corrected chi connectivity index (χ3v) is 2.48. The van der Waals surface area contributed by atoms with Gasteiger partial charge in [0, 0.05) is 5.56 Å². The molecule has 0 aliphatic carbocycles. The predicted molar refractivity (Wildman–Crippen MR) is 65.1 cm³/mol. The minimum atomic E-state index is -4.48. The van der Waals surface area contributed by atoms with Gasteiger partial charge in [-0.3, -0.25) is 4.79 Å². The van der Waals surface area contributed by atoms with Crippen molar-refractivity contribution in [1.29, 1.82) is 0 Å². The summed E-state index contributed by atoms with van der Waals surface area (Å²) in [6.07, 6.45) is -3.14. The number of amides is 1. The number of carboxylic acids is 1. The van der Waals surface area contributed by atoms with Gasteiger partial charge in [-0.05, 0) is 30.7 Å². The zero-order chi connectivity index (χ0) is 15.3. The summed E-state index contributed by atoms with van der Waals surface area (Å²) in [6, 6.07) is 2.34. The minimum absolute atomic E-state index is 0.0156. The first-order valence-corrected chi connectivity index (χ1v) is 5.57. The molecule has 108 valence electrons. The highest BCUT2D eigenvalue weighted by atomic mass is 19.4. The van der Waals surface area contributed by atoms with Gasteiger partial charge in [-0.15, -0.1) is 6.58 Å². The molecule has 0 aliphatic rings. The second-order valence-corrected chi connectivity index (χ2v) is 3.96. The van der Waals surface area contributed by atoms with Crippen LogP contribution in [0.15, 0.2) is 36.9 Å². The van der Waals surface area contributed by atoms with E-state index >= 15 is 0 Å². The molecule has 20 heavy (non-hydrogen) atoms. The number of alkyl halides is 3. The SMILES string of the molecule is C=CC[C@H](NC(=O)c1ccc(C(F)(F)F)cc1)C(=O)O. The lowest BCUT2D eigenvalue weighted by molar-refractivity contribution is -0.139. The lowest BCUT2D eigenvalue weighted by Gasteiger charge is -2.13. The molecule has 0 unspecified atom stereocenters. The largest absolute Gasteiger partial charge is 0.480 e. The molecule has 0 fully saturated rings. The highest BCUT2D eigenvalue weighted by molar-refractivity contribution is 5.96. The molecule has 0 saturated heterocycles. The summed E-state index contributed by atoms with van der Waals surface area (Å²) in [7, 11) is 0. The van der Waals surface area contributed by atoms with E-state index in [1.54, 1.807) is 0 Å². The summed E-state index contributed by atoms with van der Waals surface area (Å²) in [6.45, 7) is 3.36. The van der Waals surface area contributed by atoms with Gasteiger partial charge in [0.25, 0.3) is 5.91 Å². The van der Waals surface area contributed by atoms with Crippen LogP contribution < -0.4 is 5.32 Å². The van der Waals surface area contributed by atoms with Crippen LogP contribution in [0.5, 0.6) is 0 Å². The fraction of sp³-hybridized carbons (Fsp3) is 0.231. The van der Waals surface area contributed by atoms with Crippen LogP contribution in [0.2, 0.25) is 0 Å². The molecule has 0 bridgehead atoms. The van der Waals surface area contributed by atoms with E-state index in [1.165, 1.54) is 6.08 Å². The van der Waals surface area contributed by atoms with Crippen molar-refractivity contribution in [2.75, 3.05) is 0 Å². The number of halogens is 3. The lowest BCUT2D eigenvalue weighted by atomic mass is 10.1. The van der Waals surface area contributed by atoms with Crippen molar-refractivity contribution in [1.82, 2.24) is 5.32 Å². The summed E-state index contributed by atoms with van der Waals surface area (Å²) in [4.78, 5) is 22.5. The van der Waals surface area contributed by atoms with E-state index < -0.39 is 29.7 Å². The molecule has 1 atom stereocenters. The van der Waals surface area contributed by atoms with E-state index in [1.807, 2.05) is 0 Å². The molecule has 1 aromatic carbocycles. The average Bonchev–Trinajstić information content (AvgIpc) is 2.37. The Hall–Kier alpha value is -2.31. The van der Waals surface area contributed by atoms with Gasteiger partial charge in [-0.25, -0.2) is 4.79 Å². The van der Waals surface area contributed by atoms with Crippen molar-refractivity contribution >= 4 is 11.9 Å². The molecule has 0 heterocycles. The number of hydrogen-bond acceptors (Lipinski definition) is 2. The Morgan fingerprint density at radius 1 is 1.30 bits per heavy atom. The van der Waals surface area contributed by atoms with Crippen LogP contribution in [0, 0.1) is 0 Å². The fourth-order valence-electron chi connectivity index (χ4n) is 1.44. The average molecular weight is 287 g/mol. The van der Waals surface area contributed by atoms with Crippen molar-refractivity contribution in [3.05, 3.63) is 48.0 Å². The van der Waals surface area contributed by atoms with Gasteiger partial charge in [-0.1, -0.05) is 6.08 Å². The lowest BCUT2D eigenvalue weighted by Crippen LogP contribution is -2.40. The van der Waals surface area contributed by atoms with Gasteiger partial charge in [-0.2, -0.15) is 13.2 Å². The molecule has 0 aliphatic heterocycles. The Morgan fingerprint density at radius 2 is 1.85 bits per heavy atom. The van der Waals surface area contributed by atoms with Crippen LogP contribution in [0.4, 0.5) is 13.2 Å². The monoisotopic (exact) mass is 287 g/mol. The summed E-state index contributed by atoms with van der Waals surface area (Å²) in [5.74, 6) is -2.00. The normalized spacial score (nSPS) is 12.6. The van der Waals surface area contributed by atoms with Crippen molar-refractivity contribution in [2.45, 2.75) is 18.6 Å². The number of carboxylic acid groups (broad SMARTS) is 1. The Kier molecular flexibility index (Phi) is 4.90. The topological polar surface area (TPSA) is 66.4 Å². The first-order chi connectivity index (χ1) is 9.25. The van der Waals surface area contributed by atoms with Crippen molar-refractivity contribution < 1.29 is 27.9 Å². The van der Waals surface area contributed by atoms with Gasteiger partial charge in [0.1, 0.15) is 6.04 Å². The molecule has 0 radical (unpaired) electrons. The van der Waals surface area contributed by atoms with Crippen LogP contribution in [0.25, 0.3) is 0 Å². The maximum atomic E-state index is 12.3. The predicted octanol–water partition coefficient (Wildman–Crippen LogP) is 2.46. The molecule has 0 aromatic heterocycles. The molecule has 0 spiro atoms. The maximum absolute atomic E-state index is 12.3. The van der Waals surface area contributed by atoms with Crippen molar-refractivity contribution in [3.8, 4) is 0 Å². The Labute approximate surface area is 112 Å². The number of carbonyl (C=O) groups is 2. The first-order valence-electron chi connectivity index (χ1n) is 5.57. The molecule has 2 N–H and O–H groups in total. The van der Waals surface area contributed by atoms with Gasteiger partial charge < -0.3 is 10.4 Å². The van der Waals surface area contributed by atoms with Crippen molar-refractivity contribution in [3.63, 3.8) is 0 Å².